The first-order valence-corrected chi connectivity index (χ1v) is 6.90. The third-order valence-corrected chi connectivity index (χ3v) is 3.59. The van der Waals surface area contributed by atoms with E-state index in [0.717, 1.165) is 12.0 Å². The van der Waals surface area contributed by atoms with Crippen LogP contribution >= 0.6 is 23.2 Å². The van der Waals surface area contributed by atoms with Crippen molar-refractivity contribution in [1.82, 2.24) is 0 Å². The molecular weight excluding hydrogens is 301 g/mol. The van der Waals surface area contributed by atoms with Gasteiger partial charge in [0.25, 0.3) is 0 Å². The highest BCUT2D eigenvalue weighted by Crippen LogP contribution is 2.29. The first kappa shape index (κ1) is 16.6. The number of hydrogen-bond acceptors (Lipinski definition) is 3. The van der Waals surface area contributed by atoms with Gasteiger partial charge >= 0.3 is 0 Å². The topological polar surface area (TPSA) is 87.7 Å². The highest BCUT2D eigenvalue weighted by molar-refractivity contribution is 6.36. The van der Waals surface area contributed by atoms with Gasteiger partial charge in [0.1, 0.15) is 0 Å². The highest BCUT2D eigenvalue weighted by Gasteiger charge is 2.23. The number of amidine groups is 1. The van der Waals surface area contributed by atoms with Crippen molar-refractivity contribution in [1.29, 1.82) is 0 Å². The van der Waals surface area contributed by atoms with E-state index in [9.17, 15) is 4.79 Å². The number of anilines is 1. The Kier molecular flexibility index (Phi) is 6.10. The molecule has 0 saturated carbocycles. The number of nitrogens with zero attached hydrogens (tertiary/aromatic N) is 1. The van der Waals surface area contributed by atoms with Crippen molar-refractivity contribution in [3.05, 3.63) is 27.7 Å². The number of rotatable bonds is 5. The summed E-state index contributed by atoms with van der Waals surface area (Å²) in [5.74, 6) is -1.22. The van der Waals surface area contributed by atoms with E-state index in [1.54, 1.807) is 12.1 Å². The number of halogens is 2. The summed E-state index contributed by atoms with van der Waals surface area (Å²) < 4.78 is 0. The van der Waals surface area contributed by atoms with Crippen LogP contribution in [0.2, 0.25) is 10.0 Å². The van der Waals surface area contributed by atoms with E-state index in [2.05, 4.69) is 10.5 Å². The van der Waals surface area contributed by atoms with E-state index in [4.69, 9.17) is 34.1 Å². The van der Waals surface area contributed by atoms with E-state index in [1.165, 1.54) is 0 Å². The van der Waals surface area contributed by atoms with Crippen LogP contribution in [-0.2, 0) is 4.79 Å². The molecule has 110 valence electrons. The van der Waals surface area contributed by atoms with Crippen molar-refractivity contribution in [2.24, 2.45) is 16.8 Å². The van der Waals surface area contributed by atoms with Gasteiger partial charge in [-0.05, 0) is 31.0 Å². The normalized spacial score (nSPS) is 13.1. The fourth-order valence-corrected chi connectivity index (χ4v) is 2.16. The summed E-state index contributed by atoms with van der Waals surface area (Å²) in [7, 11) is 0. The molecule has 0 aliphatic heterocycles. The molecule has 1 rings (SSSR count). The molecule has 0 spiro atoms. The molecule has 5 nitrogen and oxygen atoms in total. The highest BCUT2D eigenvalue weighted by atomic mass is 35.5. The molecule has 0 fully saturated rings. The van der Waals surface area contributed by atoms with E-state index in [0.29, 0.717) is 22.2 Å². The van der Waals surface area contributed by atoms with Crippen LogP contribution in [0.15, 0.2) is 17.3 Å². The van der Waals surface area contributed by atoms with Gasteiger partial charge in [-0.1, -0.05) is 41.7 Å². The molecule has 20 heavy (non-hydrogen) atoms. The van der Waals surface area contributed by atoms with Gasteiger partial charge in [-0.3, -0.25) is 4.79 Å². The third kappa shape index (κ3) is 4.02. The molecule has 1 unspecified atom stereocenters. The number of nitrogens with two attached hydrogens (primary N) is 1. The van der Waals surface area contributed by atoms with Crippen LogP contribution in [0.4, 0.5) is 5.69 Å². The predicted molar refractivity (Wildman–Crippen MR) is 81.6 cm³/mol. The Morgan fingerprint density at radius 2 is 2.10 bits per heavy atom. The molecule has 1 aromatic rings. The molecule has 0 heterocycles. The summed E-state index contributed by atoms with van der Waals surface area (Å²) >= 11 is 12.1. The van der Waals surface area contributed by atoms with Crippen molar-refractivity contribution in [3.8, 4) is 0 Å². The molecule has 1 amide bonds. The lowest BCUT2D eigenvalue weighted by atomic mass is 10.0. The van der Waals surface area contributed by atoms with E-state index in [1.807, 2.05) is 13.8 Å². The standard InChI is InChI=1S/C13H17Cl2N3O2/c1-3-4-8(12(16)18-20)13(19)17-11-6-9(14)7(2)5-10(11)15/h5-6,8,20H,3-4H2,1-2H3,(H2,16,18)(H,17,19). The number of nitrogens with one attached hydrogen (secondary N) is 1. The average molecular weight is 318 g/mol. The van der Waals surface area contributed by atoms with E-state index < -0.39 is 5.92 Å². The molecule has 7 heteroatoms. The third-order valence-electron chi connectivity index (χ3n) is 2.87. The maximum absolute atomic E-state index is 12.2. The lowest BCUT2D eigenvalue weighted by Gasteiger charge is -2.16. The fraction of sp³-hybridized carbons (Fsp3) is 0.385. The monoisotopic (exact) mass is 317 g/mol. The Hall–Kier alpha value is -1.46. The number of carbonyl (C=O) groups excluding carboxylic acids is 1. The molecular formula is C13H17Cl2N3O2. The number of carbonyl (C=O) groups is 1. The van der Waals surface area contributed by atoms with Crippen molar-refractivity contribution in [2.75, 3.05) is 5.32 Å². The molecule has 0 aliphatic carbocycles. The zero-order chi connectivity index (χ0) is 15.3. The zero-order valence-electron chi connectivity index (χ0n) is 11.3. The average Bonchev–Trinajstić information content (AvgIpc) is 2.41. The maximum Gasteiger partial charge on any atom is 0.235 e. The van der Waals surface area contributed by atoms with Crippen LogP contribution in [0, 0.1) is 12.8 Å². The number of oxime groups is 1. The van der Waals surface area contributed by atoms with Gasteiger partial charge in [0.2, 0.25) is 5.91 Å². The summed E-state index contributed by atoms with van der Waals surface area (Å²) in [5.41, 5.74) is 6.75. The first-order valence-electron chi connectivity index (χ1n) is 6.14. The van der Waals surface area contributed by atoms with Crippen LogP contribution in [0.1, 0.15) is 25.3 Å². The zero-order valence-corrected chi connectivity index (χ0v) is 12.8. The number of aryl methyl sites for hydroxylation is 1. The van der Waals surface area contributed by atoms with Gasteiger partial charge in [-0.25, -0.2) is 0 Å². The lowest BCUT2D eigenvalue weighted by Crippen LogP contribution is -2.34. The Balaban J connectivity index is 2.96. The number of amides is 1. The van der Waals surface area contributed by atoms with Gasteiger partial charge in [0.15, 0.2) is 5.84 Å². The summed E-state index contributed by atoms with van der Waals surface area (Å²) in [4.78, 5) is 12.2. The quantitative estimate of drug-likeness (QED) is 0.336. The maximum atomic E-state index is 12.2. The summed E-state index contributed by atoms with van der Waals surface area (Å²) in [6.45, 7) is 3.72. The van der Waals surface area contributed by atoms with Crippen LogP contribution in [-0.4, -0.2) is 17.0 Å². The fourth-order valence-electron chi connectivity index (χ4n) is 1.73. The molecule has 0 bridgehead atoms. The SMILES string of the molecule is CCCC(C(=O)Nc1cc(Cl)c(C)cc1Cl)/C(N)=N/O. The second kappa shape index (κ2) is 7.36. The van der Waals surface area contributed by atoms with Gasteiger partial charge in [0, 0.05) is 5.02 Å². The molecule has 1 aromatic carbocycles. The molecule has 0 radical (unpaired) electrons. The van der Waals surface area contributed by atoms with Crippen LogP contribution in [0.5, 0.6) is 0 Å². The summed E-state index contributed by atoms with van der Waals surface area (Å²) in [6.07, 6.45) is 1.19. The molecule has 0 aromatic heterocycles. The minimum Gasteiger partial charge on any atom is -0.409 e. The predicted octanol–water partition coefficient (Wildman–Crippen LogP) is 3.40. The van der Waals surface area contributed by atoms with E-state index >= 15 is 0 Å². The van der Waals surface area contributed by atoms with Crippen LogP contribution < -0.4 is 11.1 Å². The minimum absolute atomic E-state index is 0.126. The number of hydrogen-bond donors (Lipinski definition) is 3. The Morgan fingerprint density at radius 3 is 2.65 bits per heavy atom. The van der Waals surface area contributed by atoms with Crippen molar-refractivity contribution in [2.45, 2.75) is 26.7 Å². The second-order valence-corrected chi connectivity index (χ2v) is 5.25. The molecule has 1 atom stereocenters. The smallest absolute Gasteiger partial charge is 0.235 e. The Labute approximate surface area is 127 Å². The number of benzene rings is 1. The van der Waals surface area contributed by atoms with Crippen molar-refractivity contribution >= 4 is 40.6 Å². The van der Waals surface area contributed by atoms with Gasteiger partial charge in [0.05, 0.1) is 16.6 Å². The largest absolute Gasteiger partial charge is 0.409 e. The van der Waals surface area contributed by atoms with Gasteiger partial charge in [-0.15, -0.1) is 0 Å². The van der Waals surface area contributed by atoms with Crippen LogP contribution in [0.3, 0.4) is 0 Å². The molecule has 0 saturated heterocycles. The van der Waals surface area contributed by atoms with Crippen LogP contribution in [0.25, 0.3) is 0 Å². The summed E-state index contributed by atoms with van der Waals surface area (Å²) in [6, 6.07) is 3.24. The van der Waals surface area contributed by atoms with Gasteiger partial charge < -0.3 is 16.3 Å². The van der Waals surface area contributed by atoms with Crippen molar-refractivity contribution in [3.63, 3.8) is 0 Å². The Morgan fingerprint density at radius 1 is 1.45 bits per heavy atom. The summed E-state index contributed by atoms with van der Waals surface area (Å²) in [5, 5.41) is 15.2. The first-order chi connectivity index (χ1) is 9.40. The second-order valence-electron chi connectivity index (χ2n) is 4.44. The minimum atomic E-state index is -0.707. The Bertz CT molecular complexity index is 533. The molecule has 4 N–H and O–H groups in total. The van der Waals surface area contributed by atoms with E-state index in [-0.39, 0.29) is 11.7 Å². The van der Waals surface area contributed by atoms with Crippen molar-refractivity contribution < 1.29 is 10.0 Å². The lowest BCUT2D eigenvalue weighted by molar-refractivity contribution is -0.118. The van der Waals surface area contributed by atoms with Gasteiger partial charge in [-0.2, -0.15) is 0 Å². The molecule has 0 aliphatic rings.